The summed E-state index contributed by atoms with van der Waals surface area (Å²) in [6.45, 7) is -0.00633. The van der Waals surface area contributed by atoms with E-state index in [1.165, 1.54) is 21.6 Å². The number of rotatable bonds is 6. The maximum atomic E-state index is 13.7. The zero-order valence-electron chi connectivity index (χ0n) is 17.2. The molecule has 1 aliphatic rings. The van der Waals surface area contributed by atoms with Crippen LogP contribution in [0.1, 0.15) is 17.3 Å². The topological polar surface area (TPSA) is 101 Å². The van der Waals surface area contributed by atoms with Crippen LogP contribution in [0.15, 0.2) is 61.1 Å². The molecule has 0 bridgehead atoms. The van der Waals surface area contributed by atoms with E-state index in [1.54, 1.807) is 41.5 Å². The highest BCUT2D eigenvalue weighted by Gasteiger charge is 2.34. The first-order valence-corrected chi connectivity index (χ1v) is 10.0. The number of aliphatic hydroxyl groups excluding tert-OH is 1. The molecule has 4 heterocycles. The van der Waals surface area contributed by atoms with Crippen LogP contribution >= 0.6 is 0 Å². The highest BCUT2D eigenvalue weighted by Crippen LogP contribution is 2.32. The zero-order valence-corrected chi connectivity index (χ0v) is 17.2. The summed E-state index contributed by atoms with van der Waals surface area (Å²) in [4.78, 5) is 23.4. The van der Waals surface area contributed by atoms with Gasteiger partial charge in [-0.3, -0.25) is 9.25 Å². The van der Waals surface area contributed by atoms with Crippen LogP contribution in [-0.4, -0.2) is 47.0 Å². The molecule has 0 fully saturated rings. The molecule has 0 radical (unpaired) electrons. The molecule has 1 unspecified atom stereocenters. The van der Waals surface area contributed by atoms with Gasteiger partial charge in [-0.05, 0) is 29.8 Å². The molecule has 4 aromatic rings. The summed E-state index contributed by atoms with van der Waals surface area (Å²) in [5.41, 5.74) is 2.75. The summed E-state index contributed by atoms with van der Waals surface area (Å²) in [5, 5.41) is 17.1. The number of carbonyl (C=O) groups excluding carboxylic acids is 1. The monoisotopic (exact) mass is 433 g/mol. The van der Waals surface area contributed by atoms with Crippen LogP contribution in [0.5, 0.6) is 0 Å². The second-order valence-electron chi connectivity index (χ2n) is 7.48. The predicted octanol–water partition coefficient (Wildman–Crippen LogP) is 3.08. The van der Waals surface area contributed by atoms with Crippen molar-refractivity contribution in [2.45, 2.75) is 12.6 Å². The van der Waals surface area contributed by atoms with E-state index in [-0.39, 0.29) is 12.6 Å². The molecule has 0 aliphatic carbocycles. The van der Waals surface area contributed by atoms with E-state index >= 15 is 0 Å². The molecule has 0 saturated carbocycles. The minimum absolute atomic E-state index is 0.281. The molecule has 0 spiro atoms. The van der Waals surface area contributed by atoms with E-state index in [0.29, 0.717) is 23.8 Å². The van der Waals surface area contributed by atoms with Crippen LogP contribution in [0.25, 0.3) is 11.3 Å². The van der Waals surface area contributed by atoms with Crippen molar-refractivity contribution in [3.63, 3.8) is 0 Å². The van der Waals surface area contributed by atoms with Gasteiger partial charge in [0.1, 0.15) is 11.6 Å². The molecule has 1 atom stereocenters. The predicted molar refractivity (Wildman–Crippen MR) is 115 cm³/mol. The highest BCUT2D eigenvalue weighted by atomic mass is 19.1. The number of benzene rings is 1. The maximum Gasteiger partial charge on any atom is 0.329 e. The van der Waals surface area contributed by atoms with Crippen LogP contribution in [0.4, 0.5) is 21.0 Å². The fraction of sp³-hybridized carbons (Fsp3) is 0.182. The quantitative estimate of drug-likeness (QED) is 0.485. The fourth-order valence-corrected chi connectivity index (χ4v) is 3.86. The molecule has 1 amide bonds. The maximum absolute atomic E-state index is 13.7. The van der Waals surface area contributed by atoms with E-state index in [0.717, 1.165) is 17.1 Å². The molecular formula is C22H20FN7O2. The smallest absolute Gasteiger partial charge is 0.329 e. The zero-order chi connectivity index (χ0) is 22.2. The lowest BCUT2D eigenvalue weighted by atomic mass is 10.1. The van der Waals surface area contributed by atoms with Gasteiger partial charge in [0.15, 0.2) is 0 Å². The SMILES string of the molecule is Cn1nccc1Nc1nccc(-c2cc3n(c2)C(=O)N(C(CO)c2cccc(F)c2)C3)n1. The number of fused-ring (bicyclic) bond motifs is 1. The molecule has 0 saturated heterocycles. The first-order chi connectivity index (χ1) is 15.5. The number of nitrogens with one attached hydrogen (secondary N) is 1. The molecular weight excluding hydrogens is 413 g/mol. The molecule has 32 heavy (non-hydrogen) atoms. The normalized spacial score (nSPS) is 14.0. The van der Waals surface area contributed by atoms with Crippen molar-refractivity contribution in [1.29, 1.82) is 0 Å². The Balaban J connectivity index is 1.39. The van der Waals surface area contributed by atoms with Gasteiger partial charge in [-0.2, -0.15) is 5.10 Å². The van der Waals surface area contributed by atoms with Crippen molar-refractivity contribution in [2.75, 3.05) is 11.9 Å². The number of amides is 1. The van der Waals surface area contributed by atoms with Gasteiger partial charge in [0.25, 0.3) is 0 Å². The summed E-state index contributed by atoms with van der Waals surface area (Å²) in [7, 11) is 1.81. The largest absolute Gasteiger partial charge is 0.394 e. The number of hydrogen-bond donors (Lipinski definition) is 2. The van der Waals surface area contributed by atoms with Gasteiger partial charge < -0.3 is 15.3 Å². The first kappa shape index (κ1) is 19.9. The van der Waals surface area contributed by atoms with E-state index in [4.69, 9.17) is 0 Å². The van der Waals surface area contributed by atoms with Gasteiger partial charge in [-0.25, -0.2) is 19.2 Å². The number of hydrogen-bond acceptors (Lipinski definition) is 6. The van der Waals surface area contributed by atoms with Crippen LogP contribution in [0, 0.1) is 5.82 Å². The minimum atomic E-state index is -0.629. The first-order valence-electron chi connectivity index (χ1n) is 10.0. The van der Waals surface area contributed by atoms with Gasteiger partial charge in [-0.15, -0.1) is 0 Å². The highest BCUT2D eigenvalue weighted by molar-refractivity contribution is 5.83. The van der Waals surface area contributed by atoms with Gasteiger partial charge >= 0.3 is 6.03 Å². The number of anilines is 2. The summed E-state index contributed by atoms with van der Waals surface area (Å²) >= 11 is 0. The molecule has 10 heteroatoms. The molecule has 162 valence electrons. The summed E-state index contributed by atoms with van der Waals surface area (Å²) in [6.07, 6.45) is 5.03. The van der Waals surface area contributed by atoms with Crippen molar-refractivity contribution in [2.24, 2.45) is 7.05 Å². The third kappa shape index (κ3) is 3.50. The van der Waals surface area contributed by atoms with Crippen molar-refractivity contribution < 1.29 is 14.3 Å². The third-order valence-corrected chi connectivity index (χ3v) is 5.48. The second-order valence-corrected chi connectivity index (χ2v) is 7.48. The Morgan fingerprint density at radius 1 is 1.22 bits per heavy atom. The number of carbonyl (C=O) groups is 1. The van der Waals surface area contributed by atoms with Gasteiger partial charge in [-0.1, -0.05) is 12.1 Å². The van der Waals surface area contributed by atoms with Gasteiger partial charge in [0.05, 0.1) is 31.1 Å². The number of aliphatic hydroxyl groups is 1. The summed E-state index contributed by atoms with van der Waals surface area (Å²) in [6, 6.07) is 10.5. The number of aromatic nitrogens is 5. The van der Waals surface area contributed by atoms with Crippen molar-refractivity contribution in [3.8, 4) is 11.3 Å². The third-order valence-electron chi connectivity index (χ3n) is 5.48. The van der Waals surface area contributed by atoms with Crippen LogP contribution in [-0.2, 0) is 13.6 Å². The lowest BCUT2D eigenvalue weighted by molar-refractivity contribution is 0.141. The van der Waals surface area contributed by atoms with Crippen LogP contribution in [0.2, 0.25) is 0 Å². The Morgan fingerprint density at radius 3 is 2.81 bits per heavy atom. The lowest BCUT2D eigenvalue weighted by Gasteiger charge is -2.26. The molecule has 2 N–H and O–H groups in total. The average molecular weight is 433 g/mol. The van der Waals surface area contributed by atoms with E-state index in [9.17, 15) is 14.3 Å². The average Bonchev–Trinajstić information content (AvgIpc) is 3.46. The van der Waals surface area contributed by atoms with Crippen LogP contribution in [0.3, 0.4) is 0 Å². The summed E-state index contributed by atoms with van der Waals surface area (Å²) in [5.74, 6) is 0.755. The minimum Gasteiger partial charge on any atom is -0.394 e. The van der Waals surface area contributed by atoms with E-state index in [2.05, 4.69) is 20.4 Å². The standard InChI is InChI=1S/C22H20FN7O2/c1-28-20(6-8-25-28)27-21-24-7-5-18(26-21)15-10-17-12-30(22(32)29(17)11-15)19(13-31)14-3-2-4-16(23)9-14/h2-11,19,31H,12-13H2,1H3,(H,24,26,27). The molecule has 3 aromatic heterocycles. The van der Waals surface area contributed by atoms with Gasteiger partial charge in [0.2, 0.25) is 5.95 Å². The molecule has 1 aliphatic heterocycles. The Morgan fingerprint density at radius 2 is 2.09 bits per heavy atom. The molecule has 5 rings (SSSR count). The number of halogens is 1. The van der Waals surface area contributed by atoms with Crippen molar-refractivity contribution in [1.82, 2.24) is 29.2 Å². The van der Waals surface area contributed by atoms with E-state index < -0.39 is 11.9 Å². The fourth-order valence-electron chi connectivity index (χ4n) is 3.86. The molecule has 1 aromatic carbocycles. The number of nitrogens with zero attached hydrogens (tertiary/aromatic N) is 6. The number of aryl methyl sites for hydroxylation is 1. The van der Waals surface area contributed by atoms with E-state index in [1.807, 2.05) is 19.2 Å². The van der Waals surface area contributed by atoms with Crippen molar-refractivity contribution >= 4 is 17.8 Å². The van der Waals surface area contributed by atoms with Crippen LogP contribution < -0.4 is 5.32 Å². The second kappa shape index (κ2) is 7.89. The van der Waals surface area contributed by atoms with Crippen molar-refractivity contribution in [3.05, 3.63) is 78.1 Å². The van der Waals surface area contributed by atoms with Gasteiger partial charge in [0, 0.05) is 36.8 Å². The Hall–Kier alpha value is -4.05. The Kier molecular flexibility index (Phi) is 4.91. The molecule has 9 nitrogen and oxygen atoms in total. The Bertz CT molecular complexity index is 1300. The lowest BCUT2D eigenvalue weighted by Crippen LogP contribution is -2.32. The summed E-state index contributed by atoms with van der Waals surface area (Å²) < 4.78 is 16.9. The Labute approximate surface area is 182 Å².